The molecule has 3 heteroatoms. The molecule has 14 heavy (non-hydrogen) atoms. The van der Waals surface area contributed by atoms with Crippen LogP contribution in [0.4, 0.5) is 0 Å². The van der Waals surface area contributed by atoms with Crippen LogP contribution in [0.25, 0.3) is 0 Å². The first-order valence-electron chi connectivity index (χ1n) is 5.54. The molecule has 0 aromatic heterocycles. The Balaban J connectivity index is 0. The van der Waals surface area contributed by atoms with E-state index >= 15 is 0 Å². The fourth-order valence-corrected chi connectivity index (χ4v) is 1.34. The van der Waals surface area contributed by atoms with E-state index in [0.29, 0.717) is 0 Å². The van der Waals surface area contributed by atoms with Gasteiger partial charge >= 0.3 is 5.97 Å². The Bertz CT molecular complexity index is 137. The van der Waals surface area contributed by atoms with E-state index < -0.39 is 0 Å². The number of likely N-dealkylation sites (tertiary alicyclic amines) is 1. The van der Waals surface area contributed by atoms with Gasteiger partial charge in [0.25, 0.3) is 0 Å². The molecule has 0 aliphatic carbocycles. The first kappa shape index (κ1) is 15.9. The highest BCUT2D eigenvalue weighted by molar-refractivity contribution is 5.75. The van der Waals surface area contributed by atoms with Gasteiger partial charge in [-0.25, -0.2) is 0 Å². The molecule has 0 aromatic carbocycles. The van der Waals surface area contributed by atoms with Gasteiger partial charge in [0.05, 0.1) is 7.11 Å². The van der Waals surface area contributed by atoms with Crippen molar-refractivity contribution in [2.24, 2.45) is 0 Å². The molecule has 1 rings (SSSR count). The van der Waals surface area contributed by atoms with Crippen molar-refractivity contribution in [1.29, 1.82) is 0 Å². The Morgan fingerprint density at radius 2 is 1.79 bits per heavy atom. The van der Waals surface area contributed by atoms with E-state index in [-0.39, 0.29) is 12.0 Å². The molecule has 0 bridgehead atoms. The average molecular weight is 203 g/mol. The van der Waals surface area contributed by atoms with Crippen LogP contribution in [0, 0.1) is 0 Å². The van der Waals surface area contributed by atoms with E-state index in [1.54, 1.807) is 0 Å². The van der Waals surface area contributed by atoms with Crippen LogP contribution in [-0.4, -0.2) is 37.6 Å². The second-order valence-corrected chi connectivity index (χ2v) is 2.66. The van der Waals surface area contributed by atoms with Gasteiger partial charge in [-0.2, -0.15) is 0 Å². The predicted molar refractivity (Wildman–Crippen MR) is 60.4 cm³/mol. The molecule has 0 aromatic rings. The summed E-state index contributed by atoms with van der Waals surface area (Å²) in [5, 5.41) is 0. The number of ether oxygens (including phenoxy) is 1. The van der Waals surface area contributed by atoms with E-state index in [1.807, 2.05) is 39.6 Å². The fraction of sp³-hybridized carbons (Fsp3) is 0.909. The Morgan fingerprint density at radius 1 is 1.29 bits per heavy atom. The molecule has 1 aliphatic rings. The Labute approximate surface area is 88.4 Å². The summed E-state index contributed by atoms with van der Waals surface area (Å²) in [6.45, 7) is 9.01. The molecule has 1 heterocycles. The van der Waals surface area contributed by atoms with Gasteiger partial charge in [0, 0.05) is 0 Å². The smallest absolute Gasteiger partial charge is 0.323 e. The lowest BCUT2D eigenvalue weighted by molar-refractivity contribution is -0.145. The Kier molecular flexibility index (Phi) is 11.9. The lowest BCUT2D eigenvalue weighted by atomic mass is 10.2. The predicted octanol–water partition coefficient (Wildman–Crippen LogP) is 2.31. The van der Waals surface area contributed by atoms with Crippen molar-refractivity contribution in [3.05, 3.63) is 0 Å². The lowest BCUT2D eigenvalue weighted by Gasteiger charge is -2.15. The lowest BCUT2D eigenvalue weighted by Crippen LogP contribution is -2.33. The molecular weight excluding hydrogens is 178 g/mol. The van der Waals surface area contributed by atoms with E-state index in [0.717, 1.165) is 19.4 Å². The summed E-state index contributed by atoms with van der Waals surface area (Å²) in [7, 11) is 3.39. The molecule has 1 saturated heterocycles. The second kappa shape index (κ2) is 10.5. The third-order valence-electron chi connectivity index (χ3n) is 1.99. The van der Waals surface area contributed by atoms with Crippen molar-refractivity contribution in [3.63, 3.8) is 0 Å². The summed E-state index contributed by atoms with van der Waals surface area (Å²) >= 11 is 0. The normalized spacial score (nSPS) is 20.0. The molecule has 86 valence electrons. The topological polar surface area (TPSA) is 29.5 Å². The number of hydrogen-bond donors (Lipinski definition) is 0. The van der Waals surface area contributed by atoms with Gasteiger partial charge in [-0.15, -0.1) is 0 Å². The van der Waals surface area contributed by atoms with Crippen LogP contribution in [0.2, 0.25) is 0 Å². The highest BCUT2D eigenvalue weighted by atomic mass is 16.5. The van der Waals surface area contributed by atoms with Crippen LogP contribution in [0.1, 0.15) is 40.5 Å². The van der Waals surface area contributed by atoms with Crippen molar-refractivity contribution in [1.82, 2.24) is 4.90 Å². The molecular formula is C11H25NO2. The summed E-state index contributed by atoms with van der Waals surface area (Å²) in [4.78, 5) is 13.0. The number of nitrogens with zero attached hydrogens (tertiary/aromatic N) is 1. The quantitative estimate of drug-likeness (QED) is 0.612. The summed E-state index contributed by atoms with van der Waals surface area (Å²) in [5.41, 5.74) is 0. The fourth-order valence-electron chi connectivity index (χ4n) is 1.34. The van der Waals surface area contributed by atoms with Crippen molar-refractivity contribution in [2.45, 2.75) is 46.6 Å². The number of carbonyl (C=O) groups is 1. The maximum absolute atomic E-state index is 11.0. The van der Waals surface area contributed by atoms with E-state index in [2.05, 4.69) is 4.74 Å². The minimum atomic E-state index is -0.0972. The van der Waals surface area contributed by atoms with E-state index in [4.69, 9.17) is 0 Å². The van der Waals surface area contributed by atoms with Crippen molar-refractivity contribution < 1.29 is 9.53 Å². The van der Waals surface area contributed by atoms with Crippen LogP contribution in [0.15, 0.2) is 0 Å². The van der Waals surface area contributed by atoms with Crippen LogP contribution >= 0.6 is 0 Å². The minimum absolute atomic E-state index is 0.0185. The number of rotatable bonds is 1. The van der Waals surface area contributed by atoms with Crippen LogP contribution in [-0.2, 0) is 9.53 Å². The molecule has 1 unspecified atom stereocenters. The Morgan fingerprint density at radius 3 is 2.07 bits per heavy atom. The van der Waals surface area contributed by atoms with Crippen LogP contribution in [0.3, 0.4) is 0 Å². The molecule has 3 nitrogen and oxygen atoms in total. The van der Waals surface area contributed by atoms with Crippen molar-refractivity contribution in [3.8, 4) is 0 Å². The largest absolute Gasteiger partial charge is 0.468 e. The van der Waals surface area contributed by atoms with Crippen LogP contribution in [0.5, 0.6) is 0 Å². The zero-order valence-corrected chi connectivity index (χ0v) is 10.5. The van der Waals surface area contributed by atoms with Gasteiger partial charge in [-0.3, -0.25) is 9.69 Å². The number of carbonyl (C=O) groups excluding carboxylic acids is 1. The number of esters is 1. The minimum Gasteiger partial charge on any atom is -0.468 e. The summed E-state index contributed by atoms with van der Waals surface area (Å²) < 4.78 is 4.62. The summed E-state index contributed by atoms with van der Waals surface area (Å²) in [5.74, 6) is -0.0972. The molecule has 1 atom stereocenters. The molecule has 0 spiro atoms. The monoisotopic (exact) mass is 203 g/mol. The second-order valence-electron chi connectivity index (χ2n) is 2.66. The van der Waals surface area contributed by atoms with E-state index in [1.165, 1.54) is 7.11 Å². The molecule has 0 N–H and O–H groups in total. The van der Waals surface area contributed by atoms with E-state index in [9.17, 15) is 4.79 Å². The molecule has 1 aliphatic heterocycles. The van der Waals surface area contributed by atoms with Gasteiger partial charge < -0.3 is 4.74 Å². The van der Waals surface area contributed by atoms with Gasteiger partial charge in [0.1, 0.15) is 6.04 Å². The van der Waals surface area contributed by atoms with Crippen LogP contribution < -0.4 is 0 Å². The van der Waals surface area contributed by atoms with Crippen molar-refractivity contribution >= 4 is 5.97 Å². The standard InChI is InChI=1S/C7H13NO2.2C2H6/c1-8-5-3-4-6(8)7(9)10-2;2*1-2/h6H,3-5H2,1-2H3;2*1-2H3. The SMILES string of the molecule is CC.CC.COC(=O)C1CCCN1C. The van der Waals surface area contributed by atoms with Gasteiger partial charge in [-0.05, 0) is 26.4 Å². The first-order chi connectivity index (χ1) is 6.75. The van der Waals surface area contributed by atoms with Gasteiger partial charge in [-0.1, -0.05) is 27.7 Å². The first-order valence-corrected chi connectivity index (χ1v) is 5.54. The van der Waals surface area contributed by atoms with Crippen molar-refractivity contribution in [2.75, 3.05) is 20.7 Å². The third kappa shape index (κ3) is 5.22. The Hall–Kier alpha value is -0.570. The maximum Gasteiger partial charge on any atom is 0.323 e. The van der Waals surface area contributed by atoms with Gasteiger partial charge in [0.2, 0.25) is 0 Å². The van der Waals surface area contributed by atoms with Gasteiger partial charge in [0.15, 0.2) is 0 Å². The third-order valence-corrected chi connectivity index (χ3v) is 1.99. The summed E-state index contributed by atoms with van der Waals surface area (Å²) in [6.07, 6.45) is 2.06. The maximum atomic E-state index is 11.0. The number of methoxy groups -OCH3 is 1. The molecule has 0 amide bonds. The molecule has 0 saturated carbocycles. The molecule has 0 radical (unpaired) electrons. The molecule has 1 fully saturated rings. The average Bonchev–Trinajstić information content (AvgIpc) is 2.69. The zero-order valence-electron chi connectivity index (χ0n) is 10.5. The zero-order chi connectivity index (χ0) is 11.6. The highest BCUT2D eigenvalue weighted by Gasteiger charge is 2.27. The highest BCUT2D eigenvalue weighted by Crippen LogP contribution is 2.15. The number of hydrogen-bond acceptors (Lipinski definition) is 3. The summed E-state index contributed by atoms with van der Waals surface area (Å²) in [6, 6.07) is 0.0185. The number of likely N-dealkylation sites (N-methyl/N-ethyl adjacent to an activating group) is 1.